The first-order chi connectivity index (χ1) is 3.29. The van der Waals surface area contributed by atoms with Gasteiger partial charge in [-0.15, -0.1) is 11.8 Å². The molecule has 0 spiro atoms. The standard InChI is InChI=1S/C5H8NS/c1-5-3-6(2)4-7-5/h4H2,1-2H3. The second kappa shape index (κ2) is 1.78. The summed E-state index contributed by atoms with van der Waals surface area (Å²) in [6, 6.07) is 0. The van der Waals surface area contributed by atoms with Crippen LogP contribution in [0.25, 0.3) is 0 Å². The van der Waals surface area contributed by atoms with E-state index in [4.69, 9.17) is 0 Å². The number of hydrogen-bond acceptors (Lipinski definition) is 2. The third kappa shape index (κ3) is 1.13. The van der Waals surface area contributed by atoms with Gasteiger partial charge in [0.2, 0.25) is 0 Å². The Balaban J connectivity index is 2.50. The molecule has 0 N–H and O–H groups in total. The van der Waals surface area contributed by atoms with Crippen LogP contribution in [0.4, 0.5) is 0 Å². The van der Waals surface area contributed by atoms with Crippen LogP contribution >= 0.6 is 11.8 Å². The average molecular weight is 114 g/mol. The predicted octanol–water partition coefficient (Wildman–Crippen LogP) is 1.29. The zero-order valence-corrected chi connectivity index (χ0v) is 5.38. The fraction of sp³-hybridized carbons (Fsp3) is 0.600. The lowest BCUT2D eigenvalue weighted by Crippen LogP contribution is -2.03. The van der Waals surface area contributed by atoms with Crippen molar-refractivity contribution in [2.45, 2.75) is 6.92 Å². The van der Waals surface area contributed by atoms with Crippen LogP contribution in [0.3, 0.4) is 0 Å². The Morgan fingerprint density at radius 2 is 2.57 bits per heavy atom. The molecule has 2 heteroatoms. The lowest BCUT2D eigenvalue weighted by Gasteiger charge is -2.00. The average Bonchev–Trinajstić information content (AvgIpc) is 1.87. The molecule has 7 heavy (non-hydrogen) atoms. The fourth-order valence-electron chi connectivity index (χ4n) is 0.527. The van der Waals surface area contributed by atoms with E-state index in [0.29, 0.717) is 0 Å². The van der Waals surface area contributed by atoms with Gasteiger partial charge >= 0.3 is 0 Å². The van der Waals surface area contributed by atoms with Gasteiger partial charge in [-0.05, 0) is 6.92 Å². The maximum absolute atomic E-state index is 3.13. The maximum Gasteiger partial charge on any atom is 0.0711 e. The number of hydrogen-bond donors (Lipinski definition) is 0. The molecule has 0 unspecified atom stereocenters. The minimum Gasteiger partial charge on any atom is -0.363 e. The van der Waals surface area contributed by atoms with Crippen molar-refractivity contribution < 1.29 is 0 Å². The summed E-state index contributed by atoms with van der Waals surface area (Å²) in [7, 11) is 2.03. The fourth-order valence-corrected chi connectivity index (χ4v) is 1.20. The van der Waals surface area contributed by atoms with Crippen molar-refractivity contribution in [2.24, 2.45) is 0 Å². The molecule has 0 bridgehead atoms. The summed E-state index contributed by atoms with van der Waals surface area (Å²) in [5.41, 5.74) is 0. The molecule has 0 amide bonds. The molecule has 1 nitrogen and oxygen atoms in total. The molecule has 0 saturated heterocycles. The molecule has 0 aromatic heterocycles. The molecule has 1 aliphatic rings. The number of rotatable bonds is 0. The smallest absolute Gasteiger partial charge is 0.0711 e. The maximum atomic E-state index is 3.13. The summed E-state index contributed by atoms with van der Waals surface area (Å²) in [5.74, 6) is 1.08. The van der Waals surface area contributed by atoms with E-state index >= 15 is 0 Å². The Morgan fingerprint density at radius 3 is 2.71 bits per heavy atom. The number of nitrogens with zero attached hydrogens (tertiary/aromatic N) is 1. The summed E-state index contributed by atoms with van der Waals surface area (Å²) in [4.78, 5) is 3.35. The normalized spacial score (nSPS) is 20.3. The van der Waals surface area contributed by atoms with Gasteiger partial charge < -0.3 is 4.90 Å². The van der Waals surface area contributed by atoms with Crippen LogP contribution in [0, 0.1) is 6.20 Å². The molecule has 1 heterocycles. The van der Waals surface area contributed by atoms with Gasteiger partial charge in [-0.3, -0.25) is 0 Å². The monoisotopic (exact) mass is 114 g/mol. The van der Waals surface area contributed by atoms with E-state index in [0.717, 1.165) is 5.88 Å². The van der Waals surface area contributed by atoms with Gasteiger partial charge in [-0.2, -0.15) is 0 Å². The molecule has 0 saturated carbocycles. The Morgan fingerprint density at radius 1 is 1.86 bits per heavy atom. The summed E-state index contributed by atoms with van der Waals surface area (Å²) in [6.45, 7) is 2.08. The van der Waals surface area contributed by atoms with Crippen molar-refractivity contribution in [3.63, 3.8) is 0 Å². The largest absolute Gasteiger partial charge is 0.363 e. The highest BCUT2D eigenvalue weighted by Crippen LogP contribution is 2.21. The molecular weight excluding hydrogens is 106 g/mol. The van der Waals surface area contributed by atoms with Gasteiger partial charge in [0.15, 0.2) is 0 Å². The second-order valence-corrected chi connectivity index (χ2v) is 2.80. The van der Waals surface area contributed by atoms with E-state index < -0.39 is 0 Å². The first-order valence-electron chi connectivity index (χ1n) is 2.23. The Hall–Kier alpha value is -0.110. The van der Waals surface area contributed by atoms with E-state index in [1.807, 2.05) is 18.8 Å². The van der Waals surface area contributed by atoms with Crippen LogP contribution in [0.15, 0.2) is 4.91 Å². The van der Waals surface area contributed by atoms with Gasteiger partial charge in [0.1, 0.15) is 0 Å². The van der Waals surface area contributed by atoms with Crippen LogP contribution in [0.1, 0.15) is 6.92 Å². The van der Waals surface area contributed by atoms with Crippen molar-refractivity contribution in [1.29, 1.82) is 0 Å². The third-order valence-corrected chi connectivity index (χ3v) is 1.86. The quantitative estimate of drug-likeness (QED) is 0.467. The summed E-state index contributed by atoms with van der Waals surface area (Å²) < 4.78 is 0. The molecule has 1 radical (unpaired) electrons. The Bertz CT molecular complexity index is 98.3. The third-order valence-electron chi connectivity index (χ3n) is 0.823. The lowest BCUT2D eigenvalue weighted by atomic mass is 10.7. The van der Waals surface area contributed by atoms with Crippen LogP contribution in [0.5, 0.6) is 0 Å². The zero-order valence-electron chi connectivity index (χ0n) is 4.56. The van der Waals surface area contributed by atoms with Crippen molar-refractivity contribution in [3.8, 4) is 0 Å². The van der Waals surface area contributed by atoms with Gasteiger partial charge in [0.25, 0.3) is 0 Å². The Labute approximate surface area is 48.4 Å². The van der Waals surface area contributed by atoms with Gasteiger partial charge in [0, 0.05) is 12.0 Å². The Kier molecular flexibility index (Phi) is 1.28. The highest BCUT2D eigenvalue weighted by molar-refractivity contribution is 8.03. The SMILES string of the molecule is CC1=[C]N(C)CS1. The highest BCUT2D eigenvalue weighted by atomic mass is 32.2. The first-order valence-corrected chi connectivity index (χ1v) is 3.22. The van der Waals surface area contributed by atoms with Crippen molar-refractivity contribution in [2.75, 3.05) is 12.9 Å². The molecule has 39 valence electrons. The minimum atomic E-state index is 1.08. The summed E-state index contributed by atoms with van der Waals surface area (Å²) in [6.07, 6.45) is 3.13. The van der Waals surface area contributed by atoms with Gasteiger partial charge in [-0.25, -0.2) is 0 Å². The molecule has 1 aliphatic heterocycles. The summed E-state index contributed by atoms with van der Waals surface area (Å²) in [5, 5.41) is 0. The molecule has 0 aromatic rings. The lowest BCUT2D eigenvalue weighted by molar-refractivity contribution is 0.526. The highest BCUT2D eigenvalue weighted by Gasteiger charge is 2.03. The second-order valence-electron chi connectivity index (χ2n) is 1.64. The van der Waals surface area contributed by atoms with Crippen LogP contribution < -0.4 is 0 Å². The van der Waals surface area contributed by atoms with Gasteiger partial charge in [-0.1, -0.05) is 0 Å². The predicted molar refractivity (Wildman–Crippen MR) is 32.7 cm³/mol. The molecule has 1 rings (SSSR count). The van der Waals surface area contributed by atoms with Crippen molar-refractivity contribution in [3.05, 3.63) is 11.1 Å². The molecule has 0 fully saturated rings. The topological polar surface area (TPSA) is 3.24 Å². The zero-order chi connectivity index (χ0) is 5.28. The molecule has 0 atom stereocenters. The molecule has 0 aromatic carbocycles. The number of allylic oxidation sites excluding steroid dienone is 1. The summed E-state index contributed by atoms with van der Waals surface area (Å²) >= 11 is 1.84. The minimum absolute atomic E-state index is 1.08. The van der Waals surface area contributed by atoms with Gasteiger partial charge in [0.05, 0.1) is 12.1 Å². The van der Waals surface area contributed by atoms with Crippen LogP contribution in [-0.2, 0) is 0 Å². The van der Waals surface area contributed by atoms with E-state index in [2.05, 4.69) is 18.0 Å². The van der Waals surface area contributed by atoms with E-state index in [-0.39, 0.29) is 0 Å². The van der Waals surface area contributed by atoms with Crippen molar-refractivity contribution >= 4 is 11.8 Å². The van der Waals surface area contributed by atoms with Crippen molar-refractivity contribution in [1.82, 2.24) is 4.90 Å². The van der Waals surface area contributed by atoms with E-state index in [1.165, 1.54) is 4.91 Å². The van der Waals surface area contributed by atoms with Crippen LogP contribution in [-0.4, -0.2) is 17.8 Å². The van der Waals surface area contributed by atoms with E-state index in [1.54, 1.807) is 0 Å². The first kappa shape index (κ1) is 5.04. The van der Waals surface area contributed by atoms with E-state index in [9.17, 15) is 0 Å². The van der Waals surface area contributed by atoms with Crippen LogP contribution in [0.2, 0.25) is 0 Å². The number of thioether (sulfide) groups is 1. The molecule has 0 aliphatic carbocycles. The molecular formula is C5H8NS.